The summed E-state index contributed by atoms with van der Waals surface area (Å²) in [6, 6.07) is 7.56. The summed E-state index contributed by atoms with van der Waals surface area (Å²) in [6.07, 6.45) is -2.48. The van der Waals surface area contributed by atoms with Gasteiger partial charge in [0.25, 0.3) is 5.91 Å². The molecule has 0 aliphatic rings. The number of nitrogens with zero attached hydrogens (tertiary/aromatic N) is 1. The predicted octanol–water partition coefficient (Wildman–Crippen LogP) is 0.594. The predicted molar refractivity (Wildman–Crippen MR) is 70.6 cm³/mol. The summed E-state index contributed by atoms with van der Waals surface area (Å²) in [5, 5.41) is 19.0. The molecule has 2 amide bonds. The number of nitrogens with one attached hydrogen (secondary N) is 1. The lowest BCUT2D eigenvalue weighted by Crippen LogP contribution is -2.53. The third-order valence-corrected chi connectivity index (χ3v) is 2.71. The lowest BCUT2D eigenvalue weighted by atomic mass is 10.1. The monoisotopic (exact) mass is 282 g/mol. The Kier molecular flexibility index (Phi) is 5.95. The highest BCUT2D eigenvalue weighted by Gasteiger charge is 2.33. The smallest absolute Gasteiger partial charge is 0.408 e. The number of aliphatic hydroxyl groups excluding tert-OH is 1. The van der Waals surface area contributed by atoms with Crippen LogP contribution in [0.5, 0.6) is 0 Å². The maximum absolute atomic E-state index is 11.8. The summed E-state index contributed by atoms with van der Waals surface area (Å²) < 4.78 is 0. The fourth-order valence-corrected chi connectivity index (χ4v) is 1.85. The van der Waals surface area contributed by atoms with Crippen LogP contribution in [0.4, 0.5) is 4.79 Å². The van der Waals surface area contributed by atoms with Crippen LogP contribution in [0.1, 0.15) is 12.5 Å². The molecule has 0 fully saturated rings. The van der Waals surface area contributed by atoms with Gasteiger partial charge < -0.3 is 10.2 Å². The highest BCUT2D eigenvalue weighted by atomic mass is 16.6. The summed E-state index contributed by atoms with van der Waals surface area (Å²) in [4.78, 5) is 28.5. The van der Waals surface area contributed by atoms with Crippen molar-refractivity contribution in [3.05, 3.63) is 35.9 Å². The first-order valence-corrected chi connectivity index (χ1v) is 6.01. The van der Waals surface area contributed by atoms with Crippen LogP contribution in [0, 0.1) is 0 Å². The summed E-state index contributed by atoms with van der Waals surface area (Å²) in [7, 11) is 1.24. The summed E-state index contributed by atoms with van der Waals surface area (Å²) in [6.45, 7) is 1.34. The van der Waals surface area contributed by atoms with Gasteiger partial charge in [0.1, 0.15) is 6.04 Å². The Morgan fingerprint density at radius 2 is 1.95 bits per heavy atom. The van der Waals surface area contributed by atoms with E-state index in [-0.39, 0.29) is 6.54 Å². The number of carboxylic acid groups (broad SMARTS) is 1. The minimum atomic E-state index is -1.30. The van der Waals surface area contributed by atoms with Crippen molar-refractivity contribution in [2.75, 3.05) is 7.11 Å². The van der Waals surface area contributed by atoms with Gasteiger partial charge in [0, 0.05) is 6.54 Å². The van der Waals surface area contributed by atoms with Gasteiger partial charge >= 0.3 is 6.09 Å². The van der Waals surface area contributed by atoms with E-state index in [1.54, 1.807) is 30.3 Å². The standard InChI is InChI=1S/C13H18N2O5/c1-9(16)11(12(17)14-20-2)15(13(18)19)8-10-6-4-3-5-7-10/h3-7,9,11,16H,8H2,1-2H3,(H,14,17)(H,18,19)/t9-,11+/m1/s1. The minimum absolute atomic E-state index is 0.0110. The third kappa shape index (κ3) is 4.22. The third-order valence-electron chi connectivity index (χ3n) is 2.71. The average molecular weight is 282 g/mol. The number of rotatable bonds is 6. The van der Waals surface area contributed by atoms with E-state index in [4.69, 9.17) is 0 Å². The Labute approximate surface area is 116 Å². The summed E-state index contributed by atoms with van der Waals surface area (Å²) in [5.41, 5.74) is 2.76. The van der Waals surface area contributed by atoms with Crippen LogP contribution in [-0.2, 0) is 16.2 Å². The van der Waals surface area contributed by atoms with Crippen molar-refractivity contribution in [1.82, 2.24) is 10.4 Å². The van der Waals surface area contributed by atoms with E-state index in [1.807, 2.05) is 5.48 Å². The van der Waals surface area contributed by atoms with Gasteiger partial charge in [0.15, 0.2) is 0 Å². The van der Waals surface area contributed by atoms with Crippen LogP contribution in [0.25, 0.3) is 0 Å². The molecule has 0 aromatic heterocycles. The first kappa shape index (κ1) is 15.9. The molecule has 0 unspecified atom stereocenters. The van der Waals surface area contributed by atoms with Gasteiger partial charge in [-0.15, -0.1) is 0 Å². The van der Waals surface area contributed by atoms with E-state index >= 15 is 0 Å². The summed E-state index contributed by atoms with van der Waals surface area (Å²) in [5.74, 6) is -0.721. The van der Waals surface area contributed by atoms with Gasteiger partial charge in [-0.3, -0.25) is 14.5 Å². The molecule has 0 saturated carbocycles. The van der Waals surface area contributed by atoms with Crippen LogP contribution >= 0.6 is 0 Å². The number of benzene rings is 1. The van der Waals surface area contributed by atoms with Crippen molar-refractivity contribution in [3.63, 3.8) is 0 Å². The molecule has 20 heavy (non-hydrogen) atoms. The Balaban J connectivity index is 2.97. The first-order chi connectivity index (χ1) is 9.47. The molecule has 0 bridgehead atoms. The molecule has 0 saturated heterocycles. The van der Waals surface area contributed by atoms with Gasteiger partial charge in [-0.05, 0) is 12.5 Å². The van der Waals surface area contributed by atoms with Crippen molar-refractivity contribution >= 4 is 12.0 Å². The minimum Gasteiger partial charge on any atom is -0.465 e. The maximum atomic E-state index is 11.8. The van der Waals surface area contributed by atoms with Crippen LogP contribution in [0.15, 0.2) is 30.3 Å². The lowest BCUT2D eigenvalue weighted by molar-refractivity contribution is -0.140. The second kappa shape index (κ2) is 7.46. The number of hydroxylamine groups is 1. The van der Waals surface area contributed by atoms with E-state index < -0.39 is 24.1 Å². The highest BCUT2D eigenvalue weighted by molar-refractivity contribution is 5.85. The van der Waals surface area contributed by atoms with Crippen molar-refractivity contribution in [2.24, 2.45) is 0 Å². The van der Waals surface area contributed by atoms with E-state index in [0.29, 0.717) is 5.56 Å². The zero-order valence-corrected chi connectivity index (χ0v) is 11.3. The highest BCUT2D eigenvalue weighted by Crippen LogP contribution is 2.12. The quantitative estimate of drug-likeness (QED) is 0.663. The molecular formula is C13H18N2O5. The largest absolute Gasteiger partial charge is 0.465 e. The second-order valence-corrected chi connectivity index (χ2v) is 4.25. The second-order valence-electron chi connectivity index (χ2n) is 4.25. The van der Waals surface area contributed by atoms with Gasteiger partial charge in [-0.2, -0.15) is 0 Å². The molecule has 0 aliphatic heterocycles. The number of carbonyl (C=O) groups is 2. The topological polar surface area (TPSA) is 99.1 Å². The zero-order valence-electron chi connectivity index (χ0n) is 11.3. The van der Waals surface area contributed by atoms with E-state index in [9.17, 15) is 19.8 Å². The van der Waals surface area contributed by atoms with Crippen molar-refractivity contribution in [2.45, 2.75) is 25.6 Å². The average Bonchev–Trinajstić information content (AvgIpc) is 2.39. The number of hydrogen-bond donors (Lipinski definition) is 3. The molecule has 2 atom stereocenters. The molecule has 0 radical (unpaired) electrons. The van der Waals surface area contributed by atoms with Crippen molar-refractivity contribution in [1.29, 1.82) is 0 Å². The molecule has 110 valence electrons. The molecule has 0 aliphatic carbocycles. The van der Waals surface area contributed by atoms with Crippen molar-refractivity contribution in [3.8, 4) is 0 Å². The van der Waals surface area contributed by atoms with Gasteiger partial charge in [0.2, 0.25) is 0 Å². The molecule has 1 aromatic carbocycles. The van der Waals surface area contributed by atoms with E-state index in [1.165, 1.54) is 14.0 Å². The molecule has 7 heteroatoms. The van der Waals surface area contributed by atoms with Crippen molar-refractivity contribution < 1.29 is 24.6 Å². The Morgan fingerprint density at radius 1 is 1.35 bits per heavy atom. The Hall–Kier alpha value is -2.12. The molecular weight excluding hydrogens is 264 g/mol. The van der Waals surface area contributed by atoms with Crippen LogP contribution < -0.4 is 5.48 Å². The molecule has 0 heterocycles. The lowest BCUT2D eigenvalue weighted by Gasteiger charge is -2.30. The van der Waals surface area contributed by atoms with E-state index in [0.717, 1.165) is 4.90 Å². The van der Waals surface area contributed by atoms with Crippen LogP contribution in [0.3, 0.4) is 0 Å². The normalized spacial score (nSPS) is 13.3. The molecule has 7 nitrogen and oxygen atoms in total. The fraction of sp³-hybridized carbons (Fsp3) is 0.385. The fourth-order valence-electron chi connectivity index (χ4n) is 1.85. The summed E-state index contributed by atoms with van der Waals surface area (Å²) >= 11 is 0. The molecule has 1 aromatic rings. The Bertz CT molecular complexity index is 449. The number of hydrogen-bond acceptors (Lipinski definition) is 4. The van der Waals surface area contributed by atoms with Gasteiger partial charge in [0.05, 0.1) is 13.2 Å². The SMILES string of the molecule is CONC(=O)[C@H]([C@@H](C)O)N(Cc1ccccc1)C(=O)O. The van der Waals surface area contributed by atoms with E-state index in [2.05, 4.69) is 4.84 Å². The van der Waals surface area contributed by atoms with Gasteiger partial charge in [-0.25, -0.2) is 10.3 Å². The number of carbonyl (C=O) groups excluding carboxylic acids is 1. The zero-order chi connectivity index (χ0) is 15.1. The van der Waals surface area contributed by atoms with Crippen LogP contribution in [-0.4, -0.2) is 46.4 Å². The van der Waals surface area contributed by atoms with Crippen LogP contribution in [0.2, 0.25) is 0 Å². The first-order valence-electron chi connectivity index (χ1n) is 6.01. The molecule has 3 N–H and O–H groups in total. The molecule has 1 rings (SSSR count). The maximum Gasteiger partial charge on any atom is 0.408 e. The molecule has 0 spiro atoms. The van der Waals surface area contributed by atoms with Gasteiger partial charge in [-0.1, -0.05) is 30.3 Å². The number of aliphatic hydroxyl groups is 1. The number of amides is 2. The Morgan fingerprint density at radius 3 is 2.40 bits per heavy atom.